The monoisotopic (exact) mass is 300 g/mol. The molecular weight excluding hydrogens is 284 g/mol. The van der Waals surface area contributed by atoms with Gasteiger partial charge in [0.1, 0.15) is 16.6 Å². The van der Waals surface area contributed by atoms with Crippen LogP contribution in [0.25, 0.3) is 22.4 Å². The summed E-state index contributed by atoms with van der Waals surface area (Å²) in [6.45, 7) is 1.99. The molecule has 21 heavy (non-hydrogen) atoms. The number of methoxy groups -OCH3 is 1. The van der Waals surface area contributed by atoms with E-state index in [0.717, 1.165) is 38.9 Å². The van der Waals surface area contributed by atoms with Crippen molar-refractivity contribution < 1.29 is 4.74 Å². The van der Waals surface area contributed by atoms with Crippen molar-refractivity contribution in [1.29, 1.82) is 0 Å². The molecule has 0 unspecified atom stereocenters. The summed E-state index contributed by atoms with van der Waals surface area (Å²) in [6.07, 6.45) is 2.39. The highest BCUT2D eigenvalue weighted by atomic mass is 32.1. The van der Waals surface area contributed by atoms with E-state index in [1.165, 1.54) is 24.4 Å². The summed E-state index contributed by atoms with van der Waals surface area (Å²) in [5.74, 6) is 1.76. The van der Waals surface area contributed by atoms with E-state index in [0.29, 0.717) is 6.04 Å². The summed E-state index contributed by atoms with van der Waals surface area (Å²) in [4.78, 5) is 4.82. The Hall–Kier alpha value is -2.08. The molecule has 1 aliphatic carbocycles. The molecule has 2 aromatic heterocycles. The SMILES string of the molecule is COc1ccc2c(c1)nc(-c1c(C)nsc1N)n2C1CC1. The van der Waals surface area contributed by atoms with E-state index in [2.05, 4.69) is 15.0 Å². The fourth-order valence-electron chi connectivity index (χ4n) is 2.74. The highest BCUT2D eigenvalue weighted by Gasteiger charge is 2.30. The average molecular weight is 300 g/mol. The molecule has 0 saturated heterocycles. The molecule has 1 fully saturated rings. The van der Waals surface area contributed by atoms with Gasteiger partial charge in [0.15, 0.2) is 0 Å². The summed E-state index contributed by atoms with van der Waals surface area (Å²) in [5.41, 5.74) is 10.1. The first kappa shape index (κ1) is 12.6. The van der Waals surface area contributed by atoms with Crippen LogP contribution in [0.15, 0.2) is 18.2 Å². The molecular formula is C15H16N4OS. The van der Waals surface area contributed by atoms with Crippen molar-refractivity contribution in [3.05, 3.63) is 23.9 Å². The molecule has 3 aromatic rings. The van der Waals surface area contributed by atoms with E-state index in [1.807, 2.05) is 19.1 Å². The van der Waals surface area contributed by atoms with Gasteiger partial charge in [-0.1, -0.05) is 0 Å². The maximum atomic E-state index is 6.12. The molecule has 4 rings (SSSR count). The maximum Gasteiger partial charge on any atom is 0.146 e. The van der Waals surface area contributed by atoms with Crippen LogP contribution in [0, 0.1) is 6.92 Å². The van der Waals surface area contributed by atoms with Gasteiger partial charge >= 0.3 is 0 Å². The summed E-state index contributed by atoms with van der Waals surface area (Å²) in [7, 11) is 1.67. The number of aromatic nitrogens is 3. The van der Waals surface area contributed by atoms with Crippen molar-refractivity contribution in [1.82, 2.24) is 13.9 Å². The van der Waals surface area contributed by atoms with E-state index in [-0.39, 0.29) is 0 Å². The minimum atomic E-state index is 0.525. The van der Waals surface area contributed by atoms with Crippen LogP contribution in [0.4, 0.5) is 5.00 Å². The number of fused-ring (bicyclic) bond motifs is 1. The highest BCUT2D eigenvalue weighted by Crippen LogP contribution is 2.43. The Balaban J connectivity index is 2.02. The molecule has 2 N–H and O–H groups in total. The first-order valence-corrected chi connectivity index (χ1v) is 7.74. The lowest BCUT2D eigenvalue weighted by atomic mass is 10.2. The molecule has 1 aliphatic rings. The van der Waals surface area contributed by atoms with E-state index in [4.69, 9.17) is 15.5 Å². The van der Waals surface area contributed by atoms with Gasteiger partial charge in [0, 0.05) is 12.1 Å². The molecule has 6 heteroatoms. The molecule has 1 aromatic carbocycles. The van der Waals surface area contributed by atoms with Gasteiger partial charge in [-0.3, -0.25) is 0 Å². The zero-order chi connectivity index (χ0) is 14.6. The normalized spacial score (nSPS) is 14.8. The Morgan fingerprint density at radius 2 is 2.19 bits per heavy atom. The quantitative estimate of drug-likeness (QED) is 0.805. The number of nitrogens with two attached hydrogens (primary N) is 1. The predicted octanol–water partition coefficient (Wildman–Crippen LogP) is 3.39. The number of anilines is 1. The smallest absolute Gasteiger partial charge is 0.146 e. The highest BCUT2D eigenvalue weighted by molar-refractivity contribution is 7.10. The molecule has 2 heterocycles. The van der Waals surface area contributed by atoms with Gasteiger partial charge in [0.05, 0.1) is 29.4 Å². The Morgan fingerprint density at radius 3 is 2.81 bits per heavy atom. The van der Waals surface area contributed by atoms with E-state index >= 15 is 0 Å². The molecule has 0 atom stereocenters. The van der Waals surface area contributed by atoms with Gasteiger partial charge in [-0.05, 0) is 43.4 Å². The number of benzene rings is 1. The fraction of sp³-hybridized carbons (Fsp3) is 0.333. The van der Waals surface area contributed by atoms with Gasteiger partial charge in [-0.2, -0.15) is 4.37 Å². The first-order chi connectivity index (χ1) is 10.2. The number of hydrogen-bond donors (Lipinski definition) is 1. The second-order valence-electron chi connectivity index (χ2n) is 5.40. The number of nitrogen functional groups attached to an aromatic ring is 1. The third-order valence-electron chi connectivity index (χ3n) is 3.92. The Bertz CT molecular complexity index is 812. The van der Waals surface area contributed by atoms with Crippen molar-refractivity contribution in [2.45, 2.75) is 25.8 Å². The fourth-order valence-corrected chi connectivity index (χ4v) is 3.40. The van der Waals surface area contributed by atoms with Gasteiger partial charge in [0.2, 0.25) is 0 Å². The van der Waals surface area contributed by atoms with Crippen LogP contribution in [-0.4, -0.2) is 21.0 Å². The van der Waals surface area contributed by atoms with Crippen molar-refractivity contribution in [2.75, 3.05) is 12.8 Å². The van der Waals surface area contributed by atoms with Crippen LogP contribution < -0.4 is 10.5 Å². The lowest BCUT2D eigenvalue weighted by Crippen LogP contribution is -1.99. The average Bonchev–Trinajstić information content (AvgIpc) is 3.17. The maximum absolute atomic E-state index is 6.12. The summed E-state index contributed by atoms with van der Waals surface area (Å²) < 4.78 is 12.0. The molecule has 108 valence electrons. The number of nitrogens with zero attached hydrogens (tertiary/aromatic N) is 3. The third kappa shape index (κ3) is 1.90. The number of ether oxygens (including phenoxy) is 1. The second-order valence-corrected chi connectivity index (χ2v) is 6.20. The minimum Gasteiger partial charge on any atom is -0.497 e. The van der Waals surface area contributed by atoms with Crippen molar-refractivity contribution in [2.24, 2.45) is 0 Å². The molecule has 0 amide bonds. The zero-order valence-electron chi connectivity index (χ0n) is 12.0. The zero-order valence-corrected chi connectivity index (χ0v) is 12.8. The van der Waals surface area contributed by atoms with Crippen LogP contribution >= 0.6 is 11.5 Å². The van der Waals surface area contributed by atoms with Gasteiger partial charge in [0.25, 0.3) is 0 Å². The standard InChI is InChI=1S/C15H16N4OS/c1-8-13(14(16)21-18-8)15-17-11-7-10(20-2)5-6-12(11)19(15)9-3-4-9/h5-7,9H,3-4,16H2,1-2H3. The van der Waals surface area contributed by atoms with Crippen LogP contribution in [0.5, 0.6) is 5.75 Å². The largest absolute Gasteiger partial charge is 0.497 e. The van der Waals surface area contributed by atoms with E-state index < -0.39 is 0 Å². The Morgan fingerprint density at radius 1 is 1.38 bits per heavy atom. The first-order valence-electron chi connectivity index (χ1n) is 6.97. The molecule has 1 saturated carbocycles. The van der Waals surface area contributed by atoms with Crippen molar-refractivity contribution >= 4 is 27.6 Å². The van der Waals surface area contributed by atoms with Crippen LogP contribution in [-0.2, 0) is 0 Å². The number of rotatable bonds is 3. The Kier molecular flexibility index (Phi) is 2.68. The summed E-state index contributed by atoms with van der Waals surface area (Å²) in [5, 5.41) is 0.733. The summed E-state index contributed by atoms with van der Waals surface area (Å²) in [6, 6.07) is 6.56. The molecule has 0 radical (unpaired) electrons. The van der Waals surface area contributed by atoms with Gasteiger partial charge in [-0.15, -0.1) is 0 Å². The van der Waals surface area contributed by atoms with Crippen molar-refractivity contribution in [3.63, 3.8) is 0 Å². The van der Waals surface area contributed by atoms with E-state index in [9.17, 15) is 0 Å². The second kappa shape index (κ2) is 4.46. The number of hydrogen-bond acceptors (Lipinski definition) is 5. The topological polar surface area (TPSA) is 66.0 Å². The summed E-state index contributed by atoms with van der Waals surface area (Å²) >= 11 is 1.33. The number of aryl methyl sites for hydroxylation is 1. The molecule has 5 nitrogen and oxygen atoms in total. The van der Waals surface area contributed by atoms with Crippen molar-refractivity contribution in [3.8, 4) is 17.1 Å². The van der Waals surface area contributed by atoms with Crippen LogP contribution in [0.1, 0.15) is 24.6 Å². The van der Waals surface area contributed by atoms with E-state index in [1.54, 1.807) is 7.11 Å². The lowest BCUT2D eigenvalue weighted by molar-refractivity contribution is 0.415. The third-order valence-corrected chi connectivity index (χ3v) is 4.69. The predicted molar refractivity (Wildman–Crippen MR) is 84.8 cm³/mol. The van der Waals surface area contributed by atoms with Gasteiger partial charge in [-0.25, -0.2) is 4.98 Å². The minimum absolute atomic E-state index is 0.525. The molecule has 0 bridgehead atoms. The van der Waals surface area contributed by atoms with Crippen LogP contribution in [0.2, 0.25) is 0 Å². The number of imidazole rings is 1. The lowest BCUT2D eigenvalue weighted by Gasteiger charge is -2.07. The Labute approximate surface area is 126 Å². The van der Waals surface area contributed by atoms with Gasteiger partial charge < -0.3 is 15.0 Å². The van der Waals surface area contributed by atoms with Crippen LogP contribution in [0.3, 0.4) is 0 Å². The molecule has 0 spiro atoms. The molecule has 0 aliphatic heterocycles.